The van der Waals surface area contributed by atoms with Crippen molar-refractivity contribution < 1.29 is 23.8 Å². The molecule has 2 saturated heterocycles. The van der Waals surface area contributed by atoms with Crippen molar-refractivity contribution in [2.75, 3.05) is 18.0 Å². The Morgan fingerprint density at radius 1 is 1.18 bits per heavy atom. The summed E-state index contributed by atoms with van der Waals surface area (Å²) in [7, 11) is 0. The average molecular weight is 388 g/mol. The molecule has 2 aliphatic heterocycles. The van der Waals surface area contributed by atoms with Crippen LogP contribution in [0.25, 0.3) is 0 Å². The lowest BCUT2D eigenvalue weighted by molar-refractivity contribution is -0.145. The number of fused-ring (bicyclic) bond motifs is 1. The molecular formula is C21H28N2O5. The highest BCUT2D eigenvalue weighted by Crippen LogP contribution is 2.42. The highest BCUT2D eigenvalue weighted by Gasteiger charge is 2.44. The lowest BCUT2D eigenvalue weighted by Crippen LogP contribution is -2.33. The van der Waals surface area contributed by atoms with E-state index in [0.29, 0.717) is 19.0 Å². The molecule has 3 aliphatic rings. The van der Waals surface area contributed by atoms with Crippen molar-refractivity contribution in [3.05, 3.63) is 29.8 Å². The Balaban J connectivity index is 1.38. The fraction of sp³-hybridized carbons (Fsp3) is 0.619. The Morgan fingerprint density at radius 2 is 1.89 bits per heavy atom. The molecule has 0 spiro atoms. The van der Waals surface area contributed by atoms with Crippen LogP contribution in [0.15, 0.2) is 24.3 Å². The lowest BCUT2D eigenvalue weighted by atomic mass is 9.81. The first kappa shape index (κ1) is 19.2. The van der Waals surface area contributed by atoms with Crippen molar-refractivity contribution in [1.29, 1.82) is 0 Å². The molecule has 4 unspecified atom stereocenters. The van der Waals surface area contributed by atoms with Gasteiger partial charge in [0.25, 0.3) is 0 Å². The first-order chi connectivity index (χ1) is 13.3. The van der Waals surface area contributed by atoms with Crippen LogP contribution in [0.3, 0.4) is 0 Å². The van der Waals surface area contributed by atoms with Gasteiger partial charge in [-0.05, 0) is 56.7 Å². The zero-order valence-electron chi connectivity index (χ0n) is 16.6. The minimum atomic E-state index is -0.488. The van der Waals surface area contributed by atoms with Gasteiger partial charge in [0.05, 0.1) is 25.3 Å². The van der Waals surface area contributed by atoms with Gasteiger partial charge in [0.1, 0.15) is 6.10 Å². The number of amides is 2. The number of nitrogens with zero attached hydrogens (tertiary/aromatic N) is 1. The molecule has 28 heavy (non-hydrogen) atoms. The van der Waals surface area contributed by atoms with E-state index in [1.54, 1.807) is 4.90 Å². The standard InChI is InChI=1S/C21H28N2O5/c1-13(24)22-11-17-12-23(20(25)26-17)16-7-4-14(5-8-16)15-6-9-18-19(10-15)28-21(2,3)27-18/h4-5,7-8,15,17-19H,6,9-12H2,1-3H3,(H,22,24). The van der Waals surface area contributed by atoms with Crippen LogP contribution in [-0.2, 0) is 19.0 Å². The molecule has 1 N–H and O–H groups in total. The van der Waals surface area contributed by atoms with Gasteiger partial charge >= 0.3 is 6.09 Å². The van der Waals surface area contributed by atoms with E-state index in [4.69, 9.17) is 14.2 Å². The van der Waals surface area contributed by atoms with Crippen LogP contribution < -0.4 is 10.2 Å². The Morgan fingerprint density at radius 3 is 2.61 bits per heavy atom. The molecule has 3 fully saturated rings. The zero-order valence-corrected chi connectivity index (χ0v) is 16.6. The third-order valence-corrected chi connectivity index (χ3v) is 5.73. The van der Waals surface area contributed by atoms with E-state index in [1.165, 1.54) is 12.5 Å². The second-order valence-corrected chi connectivity index (χ2v) is 8.37. The summed E-state index contributed by atoms with van der Waals surface area (Å²) in [6.07, 6.45) is 2.69. The van der Waals surface area contributed by atoms with E-state index >= 15 is 0 Å². The number of carbonyl (C=O) groups is 2. The highest BCUT2D eigenvalue weighted by molar-refractivity contribution is 5.89. The smallest absolute Gasteiger partial charge is 0.414 e. The molecule has 152 valence electrons. The van der Waals surface area contributed by atoms with Crippen LogP contribution in [0.4, 0.5) is 10.5 Å². The summed E-state index contributed by atoms with van der Waals surface area (Å²) in [5, 5.41) is 2.69. The largest absolute Gasteiger partial charge is 0.442 e. The average Bonchev–Trinajstić information content (AvgIpc) is 3.17. The van der Waals surface area contributed by atoms with Gasteiger partial charge in [-0.1, -0.05) is 12.1 Å². The number of hydrogen-bond acceptors (Lipinski definition) is 5. The van der Waals surface area contributed by atoms with Gasteiger partial charge in [0.15, 0.2) is 5.79 Å². The SMILES string of the molecule is CC(=O)NCC1CN(c2ccc(C3CCC4OC(C)(C)OC4C3)cc2)C(=O)O1. The number of anilines is 1. The number of cyclic esters (lactones) is 1. The summed E-state index contributed by atoms with van der Waals surface area (Å²) in [6.45, 7) is 6.17. The van der Waals surface area contributed by atoms with Gasteiger partial charge < -0.3 is 19.5 Å². The lowest BCUT2D eigenvalue weighted by Gasteiger charge is -2.29. The molecule has 4 rings (SSSR count). The first-order valence-electron chi connectivity index (χ1n) is 9.99. The maximum absolute atomic E-state index is 12.2. The second kappa shape index (κ2) is 7.37. The van der Waals surface area contributed by atoms with Gasteiger partial charge in [0, 0.05) is 12.6 Å². The monoisotopic (exact) mass is 388 g/mol. The predicted molar refractivity (Wildman–Crippen MR) is 103 cm³/mol. The molecule has 0 aromatic heterocycles. The van der Waals surface area contributed by atoms with Crippen LogP contribution >= 0.6 is 0 Å². The summed E-state index contributed by atoms with van der Waals surface area (Å²) in [5.74, 6) is -0.183. The molecule has 1 aromatic rings. The summed E-state index contributed by atoms with van der Waals surface area (Å²) in [6, 6.07) is 8.13. The van der Waals surface area contributed by atoms with Crippen LogP contribution in [-0.4, -0.2) is 49.2 Å². The molecular weight excluding hydrogens is 360 g/mol. The van der Waals surface area contributed by atoms with Crippen molar-refractivity contribution >= 4 is 17.7 Å². The highest BCUT2D eigenvalue weighted by atomic mass is 16.7. The van der Waals surface area contributed by atoms with Crippen LogP contribution in [0.2, 0.25) is 0 Å². The van der Waals surface area contributed by atoms with Gasteiger partial charge in [-0.3, -0.25) is 9.69 Å². The quantitative estimate of drug-likeness (QED) is 0.858. The maximum atomic E-state index is 12.2. The minimum Gasteiger partial charge on any atom is -0.442 e. The van der Waals surface area contributed by atoms with Crippen molar-refractivity contribution in [3.63, 3.8) is 0 Å². The molecule has 1 aliphatic carbocycles. The number of benzene rings is 1. The van der Waals surface area contributed by atoms with Gasteiger partial charge in [-0.25, -0.2) is 4.79 Å². The van der Waals surface area contributed by atoms with E-state index < -0.39 is 5.79 Å². The minimum absolute atomic E-state index is 0.131. The van der Waals surface area contributed by atoms with Gasteiger partial charge in [-0.2, -0.15) is 0 Å². The van der Waals surface area contributed by atoms with Crippen LogP contribution in [0.5, 0.6) is 0 Å². The molecule has 7 heteroatoms. The van der Waals surface area contributed by atoms with Crippen LogP contribution in [0, 0.1) is 0 Å². The van der Waals surface area contributed by atoms with Crippen molar-refractivity contribution in [2.45, 2.75) is 70.1 Å². The number of rotatable bonds is 4. The van der Waals surface area contributed by atoms with Crippen LogP contribution in [0.1, 0.15) is 51.5 Å². The molecule has 4 atom stereocenters. The third-order valence-electron chi connectivity index (χ3n) is 5.73. The van der Waals surface area contributed by atoms with Crippen molar-refractivity contribution in [3.8, 4) is 0 Å². The number of carbonyl (C=O) groups excluding carboxylic acids is 2. The van der Waals surface area contributed by atoms with E-state index in [0.717, 1.165) is 24.9 Å². The van der Waals surface area contributed by atoms with Crippen molar-refractivity contribution in [2.24, 2.45) is 0 Å². The molecule has 2 heterocycles. The molecule has 0 radical (unpaired) electrons. The van der Waals surface area contributed by atoms with E-state index in [1.807, 2.05) is 26.0 Å². The van der Waals surface area contributed by atoms with E-state index in [9.17, 15) is 9.59 Å². The molecule has 1 aromatic carbocycles. The number of hydrogen-bond donors (Lipinski definition) is 1. The van der Waals surface area contributed by atoms with Crippen molar-refractivity contribution in [1.82, 2.24) is 5.32 Å². The van der Waals surface area contributed by atoms with E-state index in [-0.39, 0.29) is 30.3 Å². The van der Waals surface area contributed by atoms with Gasteiger partial charge in [-0.15, -0.1) is 0 Å². The second-order valence-electron chi connectivity index (χ2n) is 8.37. The number of ether oxygens (including phenoxy) is 3. The van der Waals surface area contributed by atoms with Gasteiger partial charge in [0.2, 0.25) is 5.91 Å². The Kier molecular flexibility index (Phi) is 5.05. The summed E-state index contributed by atoms with van der Waals surface area (Å²) in [4.78, 5) is 24.8. The molecule has 7 nitrogen and oxygen atoms in total. The normalized spacial score (nSPS) is 31.4. The first-order valence-corrected chi connectivity index (χ1v) is 9.99. The fourth-order valence-electron chi connectivity index (χ4n) is 4.44. The Labute approximate surface area is 165 Å². The third kappa shape index (κ3) is 4.00. The molecule has 0 bridgehead atoms. The topological polar surface area (TPSA) is 77.1 Å². The predicted octanol–water partition coefficient (Wildman–Crippen LogP) is 2.94. The zero-order chi connectivity index (χ0) is 19.9. The summed E-state index contributed by atoms with van der Waals surface area (Å²) in [5.41, 5.74) is 2.08. The Hall–Kier alpha value is -2.12. The number of nitrogens with one attached hydrogen (secondary N) is 1. The Bertz CT molecular complexity index is 748. The fourth-order valence-corrected chi connectivity index (χ4v) is 4.44. The maximum Gasteiger partial charge on any atom is 0.414 e. The summed E-state index contributed by atoms with van der Waals surface area (Å²) < 4.78 is 17.4. The molecule has 2 amide bonds. The summed E-state index contributed by atoms with van der Waals surface area (Å²) >= 11 is 0. The van der Waals surface area contributed by atoms with E-state index in [2.05, 4.69) is 17.4 Å². The molecule has 1 saturated carbocycles.